The van der Waals surface area contributed by atoms with Gasteiger partial charge in [0, 0.05) is 14.2 Å². The van der Waals surface area contributed by atoms with E-state index in [-0.39, 0.29) is 5.92 Å². The predicted octanol–water partition coefficient (Wildman–Crippen LogP) is 3.01. The first-order valence-electron chi connectivity index (χ1n) is 3.89. The van der Waals surface area contributed by atoms with Gasteiger partial charge >= 0.3 is 0 Å². The molecule has 0 fully saturated rings. The number of thiophene rings is 1. The molecular formula is C9H10BrNOS. The monoisotopic (exact) mass is 259 g/mol. The number of aliphatic hydroxyl groups excluding tert-OH is 1. The van der Waals surface area contributed by atoms with E-state index >= 15 is 0 Å². The molecule has 4 heteroatoms. The molecule has 13 heavy (non-hydrogen) atoms. The van der Waals surface area contributed by atoms with Gasteiger partial charge in [0.05, 0.1) is 12.0 Å². The molecule has 0 aliphatic heterocycles. The summed E-state index contributed by atoms with van der Waals surface area (Å²) < 4.78 is 0.997. The lowest BCUT2D eigenvalue weighted by Crippen LogP contribution is -2.04. The number of aryl methyl sites for hydroxylation is 1. The van der Waals surface area contributed by atoms with Crippen LogP contribution >= 0.6 is 27.3 Å². The molecule has 0 amide bonds. The van der Waals surface area contributed by atoms with Gasteiger partial charge in [0.2, 0.25) is 0 Å². The van der Waals surface area contributed by atoms with Gasteiger partial charge in [-0.2, -0.15) is 5.26 Å². The molecule has 1 rings (SSSR count). The second-order valence-corrected chi connectivity index (χ2v) is 5.06. The van der Waals surface area contributed by atoms with E-state index in [1.165, 1.54) is 11.3 Å². The summed E-state index contributed by atoms with van der Waals surface area (Å²) in [6.07, 6.45) is -0.667. The highest BCUT2D eigenvalue weighted by Crippen LogP contribution is 2.33. The van der Waals surface area contributed by atoms with Gasteiger partial charge in [-0.1, -0.05) is 0 Å². The summed E-state index contributed by atoms with van der Waals surface area (Å²) in [5.74, 6) is -0.357. The van der Waals surface area contributed by atoms with E-state index in [4.69, 9.17) is 5.26 Å². The van der Waals surface area contributed by atoms with Crippen molar-refractivity contribution < 1.29 is 5.11 Å². The summed E-state index contributed by atoms with van der Waals surface area (Å²) in [6, 6.07) is 3.91. The van der Waals surface area contributed by atoms with Crippen molar-refractivity contribution in [3.63, 3.8) is 0 Å². The summed E-state index contributed by atoms with van der Waals surface area (Å²) in [7, 11) is 0. The molecule has 1 aromatic rings. The Morgan fingerprint density at radius 3 is 2.69 bits per heavy atom. The van der Waals surface area contributed by atoms with Crippen LogP contribution in [0.2, 0.25) is 0 Å². The van der Waals surface area contributed by atoms with Crippen LogP contribution < -0.4 is 0 Å². The average molecular weight is 260 g/mol. The van der Waals surface area contributed by atoms with Gasteiger partial charge in [0.15, 0.2) is 0 Å². The molecule has 0 aliphatic rings. The number of hydrogen-bond donors (Lipinski definition) is 1. The highest BCUT2D eigenvalue weighted by atomic mass is 79.9. The number of hydrogen-bond acceptors (Lipinski definition) is 3. The number of rotatable bonds is 2. The summed E-state index contributed by atoms with van der Waals surface area (Å²) in [5, 5.41) is 18.3. The predicted molar refractivity (Wildman–Crippen MR) is 56.5 cm³/mol. The third-order valence-corrected chi connectivity index (χ3v) is 4.05. The maximum atomic E-state index is 9.69. The van der Waals surface area contributed by atoms with E-state index in [0.717, 1.165) is 14.2 Å². The van der Waals surface area contributed by atoms with Gasteiger partial charge < -0.3 is 5.11 Å². The van der Waals surface area contributed by atoms with Crippen molar-refractivity contribution in [1.82, 2.24) is 0 Å². The molecule has 0 aliphatic carbocycles. The molecule has 1 heterocycles. The Bertz CT molecular complexity index is 322. The highest BCUT2D eigenvalue weighted by molar-refractivity contribution is 9.10. The Morgan fingerprint density at radius 2 is 2.31 bits per heavy atom. The topological polar surface area (TPSA) is 44.0 Å². The van der Waals surface area contributed by atoms with Crippen molar-refractivity contribution in [1.29, 1.82) is 5.26 Å². The van der Waals surface area contributed by atoms with Crippen LogP contribution in [0.25, 0.3) is 0 Å². The van der Waals surface area contributed by atoms with Gasteiger partial charge in [0.1, 0.15) is 6.10 Å². The third-order valence-electron chi connectivity index (χ3n) is 1.85. The summed E-state index contributed by atoms with van der Waals surface area (Å²) >= 11 is 4.89. The lowest BCUT2D eigenvalue weighted by Gasteiger charge is -2.08. The second-order valence-electron chi connectivity index (χ2n) is 2.92. The number of nitriles is 1. The van der Waals surface area contributed by atoms with Crippen LogP contribution in [0.15, 0.2) is 10.5 Å². The minimum Gasteiger partial charge on any atom is -0.386 e. The zero-order valence-corrected chi connectivity index (χ0v) is 9.82. The molecule has 0 bridgehead atoms. The van der Waals surface area contributed by atoms with Crippen molar-refractivity contribution >= 4 is 27.3 Å². The maximum absolute atomic E-state index is 9.69. The largest absolute Gasteiger partial charge is 0.386 e. The first-order chi connectivity index (χ1) is 6.06. The van der Waals surface area contributed by atoms with Crippen molar-refractivity contribution in [3.05, 3.63) is 20.3 Å². The molecule has 0 spiro atoms. The smallest absolute Gasteiger partial charge is 0.104 e. The molecular weight excluding hydrogens is 250 g/mol. The van der Waals surface area contributed by atoms with Crippen molar-refractivity contribution in [2.45, 2.75) is 20.0 Å². The molecule has 2 nitrogen and oxygen atoms in total. The van der Waals surface area contributed by atoms with Gasteiger partial charge in [-0.15, -0.1) is 11.3 Å². The molecule has 1 N–H and O–H groups in total. The van der Waals surface area contributed by atoms with Crippen LogP contribution in [0.1, 0.15) is 22.8 Å². The molecule has 0 radical (unpaired) electrons. The van der Waals surface area contributed by atoms with E-state index in [0.29, 0.717) is 0 Å². The van der Waals surface area contributed by atoms with Gasteiger partial charge in [-0.25, -0.2) is 0 Å². The van der Waals surface area contributed by atoms with E-state index in [1.807, 2.05) is 19.1 Å². The Morgan fingerprint density at radius 1 is 1.69 bits per heavy atom. The van der Waals surface area contributed by atoms with Crippen LogP contribution in [0.3, 0.4) is 0 Å². The van der Waals surface area contributed by atoms with Crippen molar-refractivity contribution in [2.24, 2.45) is 5.92 Å². The van der Waals surface area contributed by atoms with Crippen LogP contribution in [-0.4, -0.2) is 5.11 Å². The average Bonchev–Trinajstić information content (AvgIpc) is 2.44. The molecule has 0 saturated heterocycles. The van der Waals surface area contributed by atoms with Crippen LogP contribution in [-0.2, 0) is 0 Å². The lowest BCUT2D eigenvalue weighted by atomic mass is 10.1. The summed E-state index contributed by atoms with van der Waals surface area (Å²) in [5.41, 5.74) is 0. The first-order valence-corrected chi connectivity index (χ1v) is 5.50. The van der Waals surface area contributed by atoms with Gasteiger partial charge in [0.25, 0.3) is 0 Å². The Hall–Kier alpha value is -0.370. The first kappa shape index (κ1) is 10.7. The SMILES string of the molecule is Cc1sc(C(O)C(C)C#N)cc1Br. The fourth-order valence-electron chi connectivity index (χ4n) is 0.944. The highest BCUT2D eigenvalue weighted by Gasteiger charge is 2.18. The van der Waals surface area contributed by atoms with Crippen molar-refractivity contribution in [2.75, 3.05) is 0 Å². The number of halogens is 1. The normalized spacial score (nSPS) is 15.0. The van der Waals surface area contributed by atoms with E-state index in [9.17, 15) is 5.11 Å². The zero-order chi connectivity index (χ0) is 10.0. The second kappa shape index (κ2) is 4.23. The quantitative estimate of drug-likeness (QED) is 0.888. The maximum Gasteiger partial charge on any atom is 0.104 e. The molecule has 1 aromatic heterocycles. The van der Waals surface area contributed by atoms with Gasteiger partial charge in [-0.3, -0.25) is 0 Å². The van der Waals surface area contributed by atoms with E-state index in [2.05, 4.69) is 15.9 Å². The lowest BCUT2D eigenvalue weighted by molar-refractivity contribution is 0.146. The minimum atomic E-state index is -0.667. The Balaban J connectivity index is 2.90. The molecule has 2 unspecified atom stereocenters. The standard InChI is InChI=1S/C9H10BrNOS/c1-5(4-11)9(12)8-3-7(10)6(2)13-8/h3,5,9,12H,1-2H3. The van der Waals surface area contributed by atoms with E-state index < -0.39 is 6.10 Å². The van der Waals surface area contributed by atoms with Crippen LogP contribution in [0.5, 0.6) is 0 Å². The van der Waals surface area contributed by atoms with Crippen LogP contribution in [0.4, 0.5) is 0 Å². The molecule has 0 aromatic carbocycles. The van der Waals surface area contributed by atoms with Crippen LogP contribution in [0, 0.1) is 24.2 Å². The Kier molecular flexibility index (Phi) is 3.48. The van der Waals surface area contributed by atoms with Crippen molar-refractivity contribution in [3.8, 4) is 6.07 Å². The fourth-order valence-corrected chi connectivity index (χ4v) is 2.60. The number of aliphatic hydroxyl groups is 1. The zero-order valence-electron chi connectivity index (χ0n) is 7.41. The molecule has 2 atom stereocenters. The molecule has 70 valence electrons. The van der Waals surface area contributed by atoms with Gasteiger partial charge in [-0.05, 0) is 35.8 Å². The van der Waals surface area contributed by atoms with E-state index in [1.54, 1.807) is 6.92 Å². The third kappa shape index (κ3) is 2.31. The summed E-state index contributed by atoms with van der Waals surface area (Å²) in [4.78, 5) is 1.97. The number of nitrogens with zero attached hydrogens (tertiary/aromatic N) is 1. The summed E-state index contributed by atoms with van der Waals surface area (Å²) in [6.45, 7) is 3.69. The molecule has 0 saturated carbocycles. The Labute approximate surface area is 90.0 Å². The fraction of sp³-hybridized carbons (Fsp3) is 0.444. The minimum absolute atomic E-state index is 0.357.